The molecule has 2 nitrogen and oxygen atoms in total. The van der Waals surface area contributed by atoms with Crippen LogP contribution in [0.4, 0.5) is 5.69 Å². The molecule has 0 saturated heterocycles. The van der Waals surface area contributed by atoms with Gasteiger partial charge in [0.05, 0.1) is 27.3 Å². The molecule has 2 aromatic carbocycles. The normalized spacial score (nSPS) is 24.5. The molecule has 2 aromatic rings. The Morgan fingerprint density at radius 1 is 1.09 bits per heavy atom. The van der Waals surface area contributed by atoms with E-state index < -0.39 is 0 Å². The molecule has 4 rings (SSSR count). The van der Waals surface area contributed by atoms with Crippen molar-refractivity contribution in [2.45, 2.75) is 18.4 Å². The third-order valence-corrected chi connectivity index (χ3v) is 5.67. The molecule has 0 spiro atoms. The van der Waals surface area contributed by atoms with Gasteiger partial charge in [-0.3, -0.25) is 0 Å². The highest BCUT2D eigenvalue weighted by molar-refractivity contribution is 6.42. The summed E-state index contributed by atoms with van der Waals surface area (Å²) in [5.74, 6) is 0.687. The van der Waals surface area contributed by atoms with E-state index in [0.717, 1.165) is 17.7 Å². The minimum atomic E-state index is 0.0446. The highest BCUT2D eigenvalue weighted by Crippen LogP contribution is 2.51. The first kappa shape index (κ1) is 14.6. The summed E-state index contributed by atoms with van der Waals surface area (Å²) in [6.45, 7) is 0. The number of rotatable bonds is 1. The average molecular weight is 341 g/mol. The first-order valence-corrected chi connectivity index (χ1v) is 8.36. The second-order valence-electron chi connectivity index (χ2n) is 6.00. The lowest BCUT2D eigenvalue weighted by Crippen LogP contribution is -2.29. The highest BCUT2D eigenvalue weighted by Gasteiger charge is 2.39. The predicted molar refractivity (Wildman–Crippen MR) is 94.0 cm³/mol. The van der Waals surface area contributed by atoms with Crippen LogP contribution in [0.25, 0.3) is 0 Å². The zero-order valence-electron chi connectivity index (χ0n) is 12.3. The van der Waals surface area contributed by atoms with Crippen molar-refractivity contribution in [2.75, 3.05) is 5.32 Å². The molecule has 3 atom stereocenters. The summed E-state index contributed by atoms with van der Waals surface area (Å²) < 4.78 is 0. The summed E-state index contributed by atoms with van der Waals surface area (Å²) in [6.07, 6.45) is 5.45. The van der Waals surface area contributed by atoms with Crippen LogP contribution in [0.15, 0.2) is 48.6 Å². The van der Waals surface area contributed by atoms with Crippen LogP contribution in [0, 0.1) is 17.2 Å². The van der Waals surface area contributed by atoms with Gasteiger partial charge in [0.15, 0.2) is 0 Å². The largest absolute Gasteiger partial charge is 0.377 e. The number of hydrogen-bond acceptors (Lipinski definition) is 2. The van der Waals surface area contributed by atoms with Gasteiger partial charge in [0, 0.05) is 5.92 Å². The van der Waals surface area contributed by atoms with E-state index in [-0.39, 0.29) is 6.04 Å². The van der Waals surface area contributed by atoms with Gasteiger partial charge in [-0.2, -0.15) is 5.26 Å². The number of nitriles is 1. The molecule has 3 unspecified atom stereocenters. The SMILES string of the molecule is N#Cc1cccc2c1NC(c1cccc(Cl)c1Cl)C1CC=CC21. The third-order valence-electron chi connectivity index (χ3n) is 4.83. The number of nitrogens with zero attached hydrogens (tertiary/aromatic N) is 1. The minimum absolute atomic E-state index is 0.0446. The monoisotopic (exact) mass is 340 g/mol. The summed E-state index contributed by atoms with van der Waals surface area (Å²) in [4.78, 5) is 0. The number of para-hydroxylation sites is 1. The molecule has 0 bridgehead atoms. The van der Waals surface area contributed by atoms with E-state index in [4.69, 9.17) is 23.2 Å². The standard InChI is InChI=1S/C19H14Cl2N2/c20-16-9-3-8-15(17(16)21)19-14-7-2-5-12(14)13-6-1-4-11(10-22)18(13)23-19/h1-6,8-9,12,14,19,23H,7H2. The zero-order chi connectivity index (χ0) is 16.0. The fourth-order valence-electron chi connectivity index (χ4n) is 3.78. The van der Waals surface area contributed by atoms with Crippen LogP contribution in [0.3, 0.4) is 0 Å². The van der Waals surface area contributed by atoms with Gasteiger partial charge in [-0.15, -0.1) is 0 Å². The number of halogens is 2. The number of allylic oxidation sites excluding steroid dienone is 2. The van der Waals surface area contributed by atoms with Gasteiger partial charge in [-0.1, -0.05) is 59.6 Å². The van der Waals surface area contributed by atoms with Gasteiger partial charge < -0.3 is 5.32 Å². The van der Waals surface area contributed by atoms with Crippen LogP contribution in [-0.4, -0.2) is 0 Å². The fraction of sp³-hybridized carbons (Fsp3) is 0.211. The quantitative estimate of drug-likeness (QED) is 0.676. The Labute approximate surface area is 145 Å². The number of fused-ring (bicyclic) bond motifs is 3. The minimum Gasteiger partial charge on any atom is -0.377 e. The topological polar surface area (TPSA) is 35.8 Å². The maximum absolute atomic E-state index is 9.43. The molecular formula is C19H14Cl2N2. The lowest BCUT2D eigenvalue weighted by atomic mass is 9.76. The van der Waals surface area contributed by atoms with Gasteiger partial charge >= 0.3 is 0 Å². The summed E-state index contributed by atoms with van der Waals surface area (Å²) in [6, 6.07) is 14.0. The van der Waals surface area contributed by atoms with E-state index in [1.807, 2.05) is 24.3 Å². The van der Waals surface area contributed by atoms with Crippen LogP contribution in [-0.2, 0) is 0 Å². The smallest absolute Gasteiger partial charge is 0.101 e. The Morgan fingerprint density at radius 3 is 2.70 bits per heavy atom. The first-order chi connectivity index (χ1) is 11.2. The fourth-order valence-corrected chi connectivity index (χ4v) is 4.21. The Morgan fingerprint density at radius 2 is 1.87 bits per heavy atom. The predicted octanol–water partition coefficient (Wildman–Crippen LogP) is 5.69. The highest BCUT2D eigenvalue weighted by atomic mass is 35.5. The van der Waals surface area contributed by atoms with Crippen LogP contribution in [0.1, 0.15) is 35.1 Å². The van der Waals surface area contributed by atoms with Gasteiger partial charge in [0.2, 0.25) is 0 Å². The molecule has 0 radical (unpaired) electrons. The van der Waals surface area contributed by atoms with E-state index in [1.165, 1.54) is 5.56 Å². The molecule has 4 heteroatoms. The van der Waals surface area contributed by atoms with Crippen molar-refractivity contribution in [3.05, 3.63) is 75.3 Å². The second kappa shape index (κ2) is 5.60. The number of nitrogens with one attached hydrogen (secondary N) is 1. The molecule has 23 heavy (non-hydrogen) atoms. The zero-order valence-corrected chi connectivity index (χ0v) is 13.8. The van der Waals surface area contributed by atoms with E-state index in [9.17, 15) is 5.26 Å². The third kappa shape index (κ3) is 2.24. The van der Waals surface area contributed by atoms with E-state index >= 15 is 0 Å². The molecule has 0 fully saturated rings. The molecular weight excluding hydrogens is 327 g/mol. The van der Waals surface area contributed by atoms with Gasteiger partial charge in [-0.25, -0.2) is 0 Å². The molecule has 2 aliphatic rings. The van der Waals surface area contributed by atoms with Crippen LogP contribution >= 0.6 is 23.2 Å². The van der Waals surface area contributed by atoms with Crippen molar-refractivity contribution >= 4 is 28.9 Å². The summed E-state index contributed by atoms with van der Waals surface area (Å²) >= 11 is 12.7. The van der Waals surface area contributed by atoms with Crippen molar-refractivity contribution in [3.63, 3.8) is 0 Å². The van der Waals surface area contributed by atoms with E-state index in [1.54, 1.807) is 6.07 Å². The van der Waals surface area contributed by atoms with Gasteiger partial charge in [0.1, 0.15) is 6.07 Å². The van der Waals surface area contributed by atoms with E-state index in [2.05, 4.69) is 29.6 Å². The second-order valence-corrected chi connectivity index (χ2v) is 6.79. The summed E-state index contributed by atoms with van der Waals surface area (Å²) in [7, 11) is 0. The Hall–Kier alpha value is -1.95. The number of hydrogen-bond donors (Lipinski definition) is 1. The van der Waals surface area contributed by atoms with Gasteiger partial charge in [-0.05, 0) is 35.6 Å². The molecule has 0 amide bonds. The Balaban J connectivity index is 1.88. The molecule has 1 heterocycles. The number of anilines is 1. The van der Waals surface area contributed by atoms with Crippen LogP contribution in [0.2, 0.25) is 10.0 Å². The average Bonchev–Trinajstić information content (AvgIpc) is 3.06. The molecule has 1 N–H and O–H groups in total. The Kier molecular flexibility index (Phi) is 3.56. The van der Waals surface area contributed by atoms with Crippen molar-refractivity contribution in [2.24, 2.45) is 5.92 Å². The van der Waals surface area contributed by atoms with Crippen LogP contribution in [0.5, 0.6) is 0 Å². The van der Waals surface area contributed by atoms with E-state index in [0.29, 0.717) is 27.4 Å². The summed E-state index contributed by atoms with van der Waals surface area (Å²) in [5, 5.41) is 14.2. The van der Waals surface area contributed by atoms with Gasteiger partial charge in [0.25, 0.3) is 0 Å². The first-order valence-electron chi connectivity index (χ1n) is 7.61. The Bertz CT molecular complexity index is 851. The maximum Gasteiger partial charge on any atom is 0.101 e. The van der Waals surface area contributed by atoms with Crippen molar-refractivity contribution < 1.29 is 0 Å². The molecule has 1 aliphatic carbocycles. The van der Waals surface area contributed by atoms with Crippen molar-refractivity contribution in [1.29, 1.82) is 5.26 Å². The molecule has 0 aromatic heterocycles. The van der Waals surface area contributed by atoms with Crippen molar-refractivity contribution in [3.8, 4) is 6.07 Å². The lowest BCUT2D eigenvalue weighted by Gasteiger charge is -2.38. The lowest BCUT2D eigenvalue weighted by molar-refractivity contribution is 0.425. The molecule has 0 saturated carbocycles. The molecule has 114 valence electrons. The summed E-state index contributed by atoms with van der Waals surface area (Å²) in [5.41, 5.74) is 3.78. The molecule has 1 aliphatic heterocycles. The van der Waals surface area contributed by atoms with Crippen LogP contribution < -0.4 is 5.32 Å². The maximum atomic E-state index is 9.43. The van der Waals surface area contributed by atoms with Crippen molar-refractivity contribution in [1.82, 2.24) is 0 Å². The number of benzene rings is 2.